The minimum absolute atomic E-state index is 0.0688. The summed E-state index contributed by atoms with van der Waals surface area (Å²) in [4.78, 5) is 25.6. The number of carbonyl (C=O) groups excluding carboxylic acids is 2. The van der Waals surface area contributed by atoms with Crippen LogP contribution in [0.25, 0.3) is 0 Å². The number of hydrogen-bond acceptors (Lipinski definition) is 5. The summed E-state index contributed by atoms with van der Waals surface area (Å²) in [5.74, 6) is -0.320. The smallest absolute Gasteiger partial charge is 0.309 e. The van der Waals surface area contributed by atoms with Gasteiger partial charge in [-0.05, 0) is 24.5 Å². The Morgan fingerprint density at radius 2 is 1.72 bits per heavy atom. The number of piperazine rings is 1. The molecule has 0 unspecified atom stereocenters. The lowest BCUT2D eigenvalue weighted by atomic mass is 10.3. The van der Waals surface area contributed by atoms with Crippen molar-refractivity contribution < 1.29 is 22.7 Å². The Labute approximate surface area is 147 Å². The average molecular weight is 366 g/mol. The zero-order valence-electron chi connectivity index (χ0n) is 14.1. The summed E-state index contributed by atoms with van der Waals surface area (Å²) in [6.07, 6.45) is 0.822. The van der Waals surface area contributed by atoms with Gasteiger partial charge in [0.2, 0.25) is 10.0 Å². The van der Waals surface area contributed by atoms with Gasteiger partial charge in [0.25, 0.3) is 5.91 Å². The maximum Gasteiger partial charge on any atom is 0.309 e. The van der Waals surface area contributed by atoms with Crippen molar-refractivity contribution in [3.8, 4) is 0 Å². The van der Waals surface area contributed by atoms with E-state index in [9.17, 15) is 18.0 Å². The molecule has 1 aliphatic heterocycles. The van der Waals surface area contributed by atoms with Gasteiger partial charge in [-0.2, -0.15) is 4.31 Å². The van der Waals surface area contributed by atoms with Crippen molar-refractivity contribution in [2.75, 3.05) is 32.8 Å². The van der Waals surface area contributed by atoms with Crippen LogP contribution < -0.4 is 0 Å². The van der Waals surface area contributed by atoms with Crippen LogP contribution in [0.1, 0.15) is 13.3 Å². The molecule has 1 aromatic carbocycles. The molecule has 25 heavy (non-hydrogen) atoms. The highest BCUT2D eigenvalue weighted by atomic mass is 32.2. The number of rotatable bonds is 5. The molecule has 2 aliphatic rings. The molecule has 0 spiro atoms. The number of ether oxygens (including phenoxy) is 1. The predicted molar refractivity (Wildman–Crippen MR) is 90.0 cm³/mol. The molecule has 0 bridgehead atoms. The van der Waals surface area contributed by atoms with Crippen LogP contribution in [0.5, 0.6) is 0 Å². The molecule has 0 radical (unpaired) electrons. The summed E-state index contributed by atoms with van der Waals surface area (Å²) in [7, 11) is -3.54. The van der Waals surface area contributed by atoms with Crippen molar-refractivity contribution in [3.05, 3.63) is 30.3 Å². The van der Waals surface area contributed by atoms with E-state index in [0.29, 0.717) is 19.0 Å². The Hall–Kier alpha value is -1.93. The highest BCUT2D eigenvalue weighted by Crippen LogP contribution is 2.38. The summed E-state index contributed by atoms with van der Waals surface area (Å²) in [5.41, 5.74) is 0. The maximum absolute atomic E-state index is 12.5. The van der Waals surface area contributed by atoms with Crippen LogP contribution >= 0.6 is 0 Å². The van der Waals surface area contributed by atoms with Crippen molar-refractivity contribution in [2.45, 2.75) is 18.2 Å². The van der Waals surface area contributed by atoms with Crippen LogP contribution in [0.4, 0.5) is 0 Å². The van der Waals surface area contributed by atoms with E-state index in [4.69, 9.17) is 4.74 Å². The third-order valence-corrected chi connectivity index (χ3v) is 6.64. The molecule has 1 saturated carbocycles. The third-order valence-electron chi connectivity index (χ3n) is 4.72. The first-order valence-electron chi connectivity index (χ1n) is 8.39. The second-order valence-corrected chi connectivity index (χ2v) is 8.46. The van der Waals surface area contributed by atoms with E-state index in [-0.39, 0.29) is 42.4 Å². The number of carbonyl (C=O) groups is 2. The van der Waals surface area contributed by atoms with Crippen LogP contribution in [0, 0.1) is 11.8 Å². The molecular formula is C17H22N2O5S. The third kappa shape index (κ3) is 4.01. The molecule has 0 aromatic heterocycles. The van der Waals surface area contributed by atoms with Gasteiger partial charge in [0.05, 0.1) is 10.8 Å². The SMILES string of the molecule is C[C@@H]1C[C@H]1C(=O)OCC(=O)N1CCN(S(=O)(=O)c2ccccc2)CC1. The average Bonchev–Trinajstić information content (AvgIpc) is 3.37. The van der Waals surface area contributed by atoms with E-state index in [2.05, 4.69) is 0 Å². The zero-order valence-corrected chi connectivity index (χ0v) is 14.9. The summed E-state index contributed by atoms with van der Waals surface area (Å²) < 4.78 is 31.5. The van der Waals surface area contributed by atoms with Crippen LogP contribution in [0.15, 0.2) is 35.2 Å². The molecule has 2 atom stereocenters. The van der Waals surface area contributed by atoms with Crippen molar-refractivity contribution in [1.82, 2.24) is 9.21 Å². The highest BCUT2D eigenvalue weighted by molar-refractivity contribution is 7.89. The fraction of sp³-hybridized carbons (Fsp3) is 0.529. The summed E-state index contributed by atoms with van der Waals surface area (Å²) >= 11 is 0. The molecule has 1 aliphatic carbocycles. The topological polar surface area (TPSA) is 84.0 Å². The van der Waals surface area contributed by atoms with Crippen molar-refractivity contribution in [1.29, 1.82) is 0 Å². The molecule has 2 fully saturated rings. The van der Waals surface area contributed by atoms with E-state index in [1.54, 1.807) is 35.2 Å². The molecule has 3 rings (SSSR count). The monoisotopic (exact) mass is 366 g/mol. The fourth-order valence-electron chi connectivity index (χ4n) is 2.90. The Morgan fingerprint density at radius 1 is 1.12 bits per heavy atom. The molecule has 1 amide bonds. The Balaban J connectivity index is 1.50. The van der Waals surface area contributed by atoms with Crippen molar-refractivity contribution in [2.24, 2.45) is 11.8 Å². The van der Waals surface area contributed by atoms with Crippen LogP contribution in [0.2, 0.25) is 0 Å². The lowest BCUT2D eigenvalue weighted by Gasteiger charge is -2.33. The lowest BCUT2D eigenvalue weighted by molar-refractivity contribution is -0.153. The van der Waals surface area contributed by atoms with Gasteiger partial charge < -0.3 is 9.64 Å². The van der Waals surface area contributed by atoms with E-state index in [0.717, 1.165) is 6.42 Å². The lowest BCUT2D eigenvalue weighted by Crippen LogP contribution is -2.51. The molecule has 1 heterocycles. The number of amides is 1. The first kappa shape index (κ1) is 17.9. The van der Waals surface area contributed by atoms with Gasteiger partial charge in [0.1, 0.15) is 0 Å². The van der Waals surface area contributed by atoms with Gasteiger partial charge in [-0.1, -0.05) is 25.1 Å². The number of esters is 1. The van der Waals surface area contributed by atoms with Gasteiger partial charge in [-0.3, -0.25) is 9.59 Å². The summed E-state index contributed by atoms with van der Waals surface area (Å²) in [6, 6.07) is 8.25. The normalized spacial score (nSPS) is 24.0. The van der Waals surface area contributed by atoms with E-state index < -0.39 is 10.0 Å². The standard InChI is InChI=1S/C17H22N2O5S/c1-13-11-15(13)17(21)24-12-16(20)18-7-9-19(10-8-18)25(22,23)14-5-3-2-4-6-14/h2-6,13,15H,7-12H2,1H3/t13-,15-/m1/s1. The highest BCUT2D eigenvalue weighted by Gasteiger charge is 2.41. The second-order valence-electron chi connectivity index (χ2n) is 6.53. The number of benzene rings is 1. The largest absolute Gasteiger partial charge is 0.455 e. The number of sulfonamides is 1. The summed E-state index contributed by atoms with van der Waals surface area (Å²) in [5, 5.41) is 0. The Kier molecular flexibility index (Phi) is 5.10. The van der Waals surface area contributed by atoms with Crippen LogP contribution in [0.3, 0.4) is 0 Å². The molecule has 1 aromatic rings. The van der Waals surface area contributed by atoms with Gasteiger partial charge in [0.15, 0.2) is 6.61 Å². The van der Waals surface area contributed by atoms with Crippen molar-refractivity contribution in [3.63, 3.8) is 0 Å². The molecule has 136 valence electrons. The van der Waals surface area contributed by atoms with Gasteiger partial charge >= 0.3 is 5.97 Å². The maximum atomic E-state index is 12.5. The predicted octanol–water partition coefficient (Wildman–Crippen LogP) is 0.719. The van der Waals surface area contributed by atoms with E-state index in [1.807, 2.05) is 6.92 Å². The van der Waals surface area contributed by atoms with Crippen molar-refractivity contribution >= 4 is 21.9 Å². The van der Waals surface area contributed by atoms with E-state index >= 15 is 0 Å². The number of hydrogen-bond donors (Lipinski definition) is 0. The number of nitrogens with zero attached hydrogens (tertiary/aromatic N) is 2. The Bertz CT molecular complexity index is 742. The van der Waals surface area contributed by atoms with E-state index in [1.165, 1.54) is 4.31 Å². The molecule has 8 heteroatoms. The fourth-order valence-corrected chi connectivity index (χ4v) is 4.34. The summed E-state index contributed by atoms with van der Waals surface area (Å²) in [6.45, 7) is 2.76. The molecule has 0 N–H and O–H groups in total. The van der Waals surface area contributed by atoms with Crippen LogP contribution in [-0.2, 0) is 24.3 Å². The minimum Gasteiger partial charge on any atom is -0.455 e. The molecule has 1 saturated heterocycles. The van der Waals surface area contributed by atoms with Gasteiger partial charge in [0, 0.05) is 26.2 Å². The second kappa shape index (κ2) is 7.13. The van der Waals surface area contributed by atoms with Gasteiger partial charge in [-0.15, -0.1) is 0 Å². The Morgan fingerprint density at radius 3 is 2.28 bits per heavy atom. The quantitative estimate of drug-likeness (QED) is 0.717. The first-order chi connectivity index (χ1) is 11.9. The zero-order chi connectivity index (χ0) is 18.0. The van der Waals surface area contributed by atoms with Gasteiger partial charge in [-0.25, -0.2) is 8.42 Å². The van der Waals surface area contributed by atoms with Crippen LogP contribution in [-0.4, -0.2) is 62.3 Å². The minimum atomic E-state index is -3.54. The first-order valence-corrected chi connectivity index (χ1v) is 9.83. The molecule has 7 nitrogen and oxygen atoms in total. The molecular weight excluding hydrogens is 344 g/mol.